The van der Waals surface area contributed by atoms with Crippen LogP contribution in [0.4, 0.5) is 26.3 Å². The highest BCUT2D eigenvalue weighted by atomic mass is 32.2. The number of hydrogen-bond acceptors (Lipinski definition) is 3. The van der Waals surface area contributed by atoms with Gasteiger partial charge in [-0.3, -0.25) is 0 Å². The lowest BCUT2D eigenvalue weighted by molar-refractivity contribution is -0.137. The Bertz CT molecular complexity index is 888. The van der Waals surface area contributed by atoms with Gasteiger partial charge in [0.15, 0.2) is 5.71 Å². The molecule has 0 aromatic heterocycles. The Hall–Kier alpha value is -2.56. The molecule has 1 N–H and O–H groups in total. The molecule has 4 nitrogen and oxygen atoms in total. The Labute approximate surface area is 144 Å². The molecule has 2 aromatic rings. The fourth-order valence-electron chi connectivity index (χ4n) is 1.87. The average molecular weight is 396 g/mol. The first-order valence-corrected chi connectivity index (χ1v) is 8.29. The van der Waals surface area contributed by atoms with Crippen LogP contribution in [0, 0.1) is 0 Å². The van der Waals surface area contributed by atoms with Crippen LogP contribution in [0.25, 0.3) is 0 Å². The molecule has 0 bridgehead atoms. The number of benzene rings is 2. The first-order valence-electron chi connectivity index (χ1n) is 6.80. The Morgan fingerprint density at radius 1 is 0.846 bits per heavy atom. The lowest BCUT2D eigenvalue weighted by atomic mass is 10.1. The highest BCUT2D eigenvalue weighted by Gasteiger charge is 2.37. The van der Waals surface area contributed by atoms with Crippen LogP contribution in [0.3, 0.4) is 0 Å². The smallest absolute Gasteiger partial charge is 0.200 e. The molecule has 0 atom stereocenters. The van der Waals surface area contributed by atoms with E-state index in [9.17, 15) is 34.8 Å². The van der Waals surface area contributed by atoms with Crippen molar-refractivity contribution in [1.29, 1.82) is 0 Å². The second kappa shape index (κ2) is 6.98. The molecule has 0 spiro atoms. The van der Waals surface area contributed by atoms with E-state index >= 15 is 0 Å². The predicted molar refractivity (Wildman–Crippen MR) is 80.8 cm³/mol. The highest BCUT2D eigenvalue weighted by molar-refractivity contribution is 7.89. The molecule has 0 heterocycles. The first kappa shape index (κ1) is 19.8. The van der Waals surface area contributed by atoms with Crippen LogP contribution in [0.5, 0.6) is 0 Å². The van der Waals surface area contributed by atoms with Crippen LogP contribution in [0.15, 0.2) is 64.6 Å². The molecule has 0 unspecified atom stereocenters. The third-order valence-electron chi connectivity index (χ3n) is 3.09. The van der Waals surface area contributed by atoms with Crippen LogP contribution < -0.4 is 4.83 Å². The standard InChI is InChI=1S/C15H10F6N2O2S/c16-14(17,18)11-6-8-12(9-7-11)26(24,25)23-22-13(15(19,20)21)10-4-2-1-3-5-10/h1-9,23H/b22-13-. The van der Waals surface area contributed by atoms with Crippen LogP contribution in [-0.4, -0.2) is 20.3 Å². The van der Waals surface area contributed by atoms with Crippen molar-refractivity contribution in [1.82, 2.24) is 4.83 Å². The summed E-state index contributed by atoms with van der Waals surface area (Å²) in [5.74, 6) is 0. The number of hydrazone groups is 1. The zero-order valence-electron chi connectivity index (χ0n) is 12.6. The summed E-state index contributed by atoms with van der Waals surface area (Å²) in [6.07, 6.45) is -9.63. The maximum absolute atomic E-state index is 13.1. The summed E-state index contributed by atoms with van der Waals surface area (Å²) in [5, 5.41) is 2.92. The molecule has 0 aliphatic rings. The van der Waals surface area contributed by atoms with Gasteiger partial charge in [0.25, 0.3) is 10.0 Å². The molecule has 140 valence electrons. The molecule has 0 saturated carbocycles. The lowest BCUT2D eigenvalue weighted by Crippen LogP contribution is -2.29. The number of hydrogen-bond donors (Lipinski definition) is 1. The van der Waals surface area contributed by atoms with E-state index in [0.717, 1.165) is 12.1 Å². The zero-order valence-corrected chi connectivity index (χ0v) is 13.5. The summed E-state index contributed by atoms with van der Waals surface area (Å²) in [5.41, 5.74) is -2.97. The van der Waals surface area contributed by atoms with Crippen LogP contribution >= 0.6 is 0 Å². The quantitative estimate of drug-likeness (QED) is 0.483. The summed E-state index contributed by atoms with van der Waals surface area (Å²) in [4.78, 5) is 0.734. The van der Waals surface area contributed by atoms with Crippen molar-refractivity contribution in [3.05, 3.63) is 65.7 Å². The highest BCUT2D eigenvalue weighted by Crippen LogP contribution is 2.29. The molecule has 0 saturated heterocycles. The van der Waals surface area contributed by atoms with Gasteiger partial charge in [-0.1, -0.05) is 30.3 Å². The average Bonchev–Trinajstić information content (AvgIpc) is 2.54. The summed E-state index contributed by atoms with van der Waals surface area (Å²) in [7, 11) is -4.59. The summed E-state index contributed by atoms with van der Waals surface area (Å²) in [6, 6.07) is 8.48. The number of sulfonamides is 1. The topological polar surface area (TPSA) is 58.5 Å². The van der Waals surface area contributed by atoms with E-state index in [1.54, 1.807) is 0 Å². The maximum Gasteiger partial charge on any atom is 0.435 e. The first-order chi connectivity index (χ1) is 11.9. The van der Waals surface area contributed by atoms with Gasteiger partial charge in [-0.05, 0) is 24.3 Å². The summed E-state index contributed by atoms with van der Waals surface area (Å²) < 4.78 is 101. The van der Waals surface area contributed by atoms with Gasteiger partial charge in [0.05, 0.1) is 10.5 Å². The van der Waals surface area contributed by atoms with Gasteiger partial charge >= 0.3 is 12.4 Å². The van der Waals surface area contributed by atoms with Crippen LogP contribution in [0.2, 0.25) is 0 Å². The normalized spacial score (nSPS) is 13.5. The van der Waals surface area contributed by atoms with Crippen molar-refractivity contribution in [2.75, 3.05) is 0 Å². The third kappa shape index (κ3) is 4.75. The van der Waals surface area contributed by atoms with E-state index in [4.69, 9.17) is 0 Å². The van der Waals surface area contributed by atoms with Crippen molar-refractivity contribution in [2.24, 2.45) is 5.10 Å². The van der Waals surface area contributed by atoms with Crippen molar-refractivity contribution in [3.63, 3.8) is 0 Å². The predicted octanol–water partition coefficient (Wildman–Crippen LogP) is 3.95. The van der Waals surface area contributed by atoms with Crippen molar-refractivity contribution >= 4 is 15.7 Å². The molecule has 0 fully saturated rings. The fraction of sp³-hybridized carbons (Fsp3) is 0.133. The van der Waals surface area contributed by atoms with Gasteiger partial charge in [0, 0.05) is 5.56 Å². The third-order valence-corrected chi connectivity index (χ3v) is 4.31. The second-order valence-electron chi connectivity index (χ2n) is 4.94. The molecular weight excluding hydrogens is 386 g/mol. The maximum atomic E-state index is 13.1. The number of halogens is 6. The molecule has 0 amide bonds. The van der Waals surface area contributed by atoms with E-state index in [0.29, 0.717) is 24.3 Å². The molecule has 0 radical (unpaired) electrons. The number of nitrogens with zero attached hydrogens (tertiary/aromatic N) is 1. The fourth-order valence-corrected chi connectivity index (χ4v) is 2.68. The van der Waals surface area contributed by atoms with Gasteiger partial charge in [0.1, 0.15) is 0 Å². The molecule has 11 heteroatoms. The van der Waals surface area contributed by atoms with Gasteiger partial charge in [-0.2, -0.15) is 44.7 Å². The summed E-state index contributed by atoms with van der Waals surface area (Å²) in [6.45, 7) is 0. The van der Waals surface area contributed by atoms with Crippen molar-refractivity contribution in [3.8, 4) is 0 Å². The largest absolute Gasteiger partial charge is 0.435 e. The molecule has 0 aliphatic heterocycles. The van der Waals surface area contributed by atoms with Crippen molar-refractivity contribution < 1.29 is 34.8 Å². The minimum Gasteiger partial charge on any atom is -0.200 e. The van der Waals surface area contributed by atoms with E-state index < -0.39 is 38.5 Å². The second-order valence-corrected chi connectivity index (χ2v) is 6.60. The zero-order chi connectivity index (χ0) is 19.6. The molecule has 2 rings (SSSR count). The van der Waals surface area contributed by atoms with Gasteiger partial charge in [0.2, 0.25) is 0 Å². The SMILES string of the molecule is O=S(=O)(N/N=C(/c1ccccc1)C(F)(F)F)c1ccc(C(F)(F)F)cc1. The van der Waals surface area contributed by atoms with Crippen molar-refractivity contribution in [2.45, 2.75) is 17.2 Å². The monoisotopic (exact) mass is 396 g/mol. The minimum atomic E-state index is -4.95. The van der Waals surface area contributed by atoms with Gasteiger partial charge in [-0.15, -0.1) is 0 Å². The van der Waals surface area contributed by atoms with Crippen LogP contribution in [0.1, 0.15) is 11.1 Å². The number of alkyl halides is 6. The number of nitrogens with one attached hydrogen (secondary N) is 1. The van der Waals surface area contributed by atoms with E-state index in [1.807, 2.05) is 0 Å². The van der Waals surface area contributed by atoms with E-state index in [-0.39, 0.29) is 5.56 Å². The number of rotatable bonds is 4. The molecule has 26 heavy (non-hydrogen) atoms. The summed E-state index contributed by atoms with van der Waals surface area (Å²) >= 11 is 0. The Balaban J connectivity index is 2.34. The molecule has 0 aliphatic carbocycles. The Morgan fingerprint density at radius 2 is 1.38 bits per heavy atom. The van der Waals surface area contributed by atoms with Gasteiger partial charge in [-0.25, -0.2) is 0 Å². The minimum absolute atomic E-state index is 0.380. The molecule has 2 aromatic carbocycles. The Morgan fingerprint density at radius 3 is 1.85 bits per heavy atom. The van der Waals surface area contributed by atoms with E-state index in [1.165, 1.54) is 23.0 Å². The Kier molecular flexibility index (Phi) is 5.31. The van der Waals surface area contributed by atoms with Gasteiger partial charge < -0.3 is 0 Å². The van der Waals surface area contributed by atoms with Crippen LogP contribution in [-0.2, 0) is 16.2 Å². The van der Waals surface area contributed by atoms with E-state index in [2.05, 4.69) is 5.10 Å². The lowest BCUT2D eigenvalue weighted by Gasteiger charge is -2.12. The molecular formula is C15H10F6N2O2S.